The minimum Gasteiger partial charge on any atom is -0.543 e. The summed E-state index contributed by atoms with van der Waals surface area (Å²) < 4.78 is 6.48. The van der Waals surface area contributed by atoms with Crippen LogP contribution in [-0.2, 0) is 16.0 Å². The van der Waals surface area contributed by atoms with E-state index in [-0.39, 0.29) is 16.6 Å². The minimum atomic E-state index is -2.09. The first-order valence-electron chi connectivity index (χ1n) is 9.02. The monoisotopic (exact) mass is 403 g/mol. The van der Waals surface area contributed by atoms with E-state index in [4.69, 9.17) is 10.2 Å². The van der Waals surface area contributed by atoms with Gasteiger partial charge in [0.1, 0.15) is 5.75 Å². The van der Waals surface area contributed by atoms with Crippen molar-refractivity contribution in [1.29, 1.82) is 0 Å². The lowest BCUT2D eigenvalue weighted by Gasteiger charge is -2.37. The number of anilines is 1. The van der Waals surface area contributed by atoms with E-state index in [1.165, 1.54) is 6.08 Å². The van der Waals surface area contributed by atoms with Crippen LogP contribution in [0, 0.1) is 0 Å². The van der Waals surface area contributed by atoms with Crippen LogP contribution in [0.5, 0.6) is 5.75 Å². The van der Waals surface area contributed by atoms with Crippen molar-refractivity contribution in [3.05, 3.63) is 40.5 Å². The highest BCUT2D eigenvalue weighted by Crippen LogP contribution is 2.40. The normalized spacial score (nSPS) is 15.9. The van der Waals surface area contributed by atoms with Gasteiger partial charge in [0.25, 0.3) is 0 Å². The molecule has 0 saturated heterocycles. The van der Waals surface area contributed by atoms with Crippen LogP contribution in [0.15, 0.2) is 39.8 Å². The van der Waals surface area contributed by atoms with Crippen LogP contribution >= 0.6 is 12.6 Å². The highest BCUT2D eigenvalue weighted by molar-refractivity contribution is 7.80. The number of thiol groups is 1. The van der Waals surface area contributed by atoms with Gasteiger partial charge in [-0.15, -0.1) is 12.6 Å². The van der Waals surface area contributed by atoms with Crippen molar-refractivity contribution in [2.75, 3.05) is 5.73 Å². The molecular formula is C21H29NO3SSi. The van der Waals surface area contributed by atoms with E-state index in [0.717, 1.165) is 5.56 Å². The van der Waals surface area contributed by atoms with Crippen LogP contribution in [0.3, 0.4) is 0 Å². The molecule has 27 heavy (non-hydrogen) atoms. The lowest BCUT2D eigenvalue weighted by Crippen LogP contribution is -2.44. The summed E-state index contributed by atoms with van der Waals surface area (Å²) in [6.45, 7) is 14.2. The average molecular weight is 404 g/mol. The Bertz CT molecular complexity index is 876. The molecule has 0 unspecified atom stereocenters. The van der Waals surface area contributed by atoms with E-state index in [9.17, 15) is 9.59 Å². The van der Waals surface area contributed by atoms with Gasteiger partial charge in [-0.1, -0.05) is 20.8 Å². The molecule has 1 aliphatic carbocycles. The molecule has 0 atom stereocenters. The van der Waals surface area contributed by atoms with Crippen LogP contribution in [0.1, 0.15) is 40.2 Å². The fraction of sp³-hybridized carbons (Fsp3) is 0.429. The van der Waals surface area contributed by atoms with Gasteiger partial charge < -0.3 is 10.2 Å². The maximum atomic E-state index is 12.6. The zero-order valence-corrected chi connectivity index (χ0v) is 19.1. The predicted molar refractivity (Wildman–Crippen MR) is 116 cm³/mol. The van der Waals surface area contributed by atoms with Gasteiger partial charge in [0.2, 0.25) is 8.32 Å². The zero-order chi connectivity index (χ0) is 20.7. The number of rotatable bonds is 4. The van der Waals surface area contributed by atoms with Crippen molar-refractivity contribution in [1.82, 2.24) is 0 Å². The summed E-state index contributed by atoms with van der Waals surface area (Å²) >= 11 is 4.43. The first-order valence-corrected chi connectivity index (χ1v) is 12.4. The van der Waals surface area contributed by atoms with Gasteiger partial charge >= 0.3 is 0 Å². The summed E-state index contributed by atoms with van der Waals surface area (Å²) in [4.78, 5) is 25.4. The topological polar surface area (TPSA) is 69.4 Å². The van der Waals surface area contributed by atoms with Crippen LogP contribution in [0.4, 0.5) is 5.69 Å². The minimum absolute atomic E-state index is 0.0226. The van der Waals surface area contributed by atoms with Gasteiger partial charge in [-0.3, -0.25) is 9.59 Å². The van der Waals surface area contributed by atoms with Gasteiger partial charge in [0, 0.05) is 33.7 Å². The Labute approximate surface area is 168 Å². The quantitative estimate of drug-likeness (QED) is 0.325. The van der Waals surface area contributed by atoms with Crippen molar-refractivity contribution in [2.24, 2.45) is 0 Å². The Morgan fingerprint density at radius 2 is 1.70 bits per heavy atom. The van der Waals surface area contributed by atoms with Crippen molar-refractivity contribution in [3.8, 4) is 5.75 Å². The number of hydrogen-bond donors (Lipinski definition) is 2. The Morgan fingerprint density at radius 3 is 2.26 bits per heavy atom. The summed E-state index contributed by atoms with van der Waals surface area (Å²) in [6.07, 6.45) is 1.74. The number of carbonyl (C=O) groups excluding carboxylic acids is 2. The Hall–Kier alpha value is -1.79. The summed E-state index contributed by atoms with van der Waals surface area (Å²) in [5.41, 5.74) is 8.85. The SMILES string of the molecule is CC1=C(C)C(=O)C(Cc2cc(N)c(S)cc2O[Si](C)(C)C(C)(C)C)=CC1=O. The molecule has 146 valence electrons. The third kappa shape index (κ3) is 4.38. The van der Waals surface area contributed by atoms with Gasteiger partial charge in [-0.25, -0.2) is 0 Å². The molecule has 0 fully saturated rings. The van der Waals surface area contributed by atoms with Gasteiger partial charge in [-0.2, -0.15) is 0 Å². The van der Waals surface area contributed by atoms with Crippen molar-refractivity contribution < 1.29 is 14.0 Å². The van der Waals surface area contributed by atoms with Gasteiger partial charge in [-0.05, 0) is 55.8 Å². The van der Waals surface area contributed by atoms with E-state index in [2.05, 4.69) is 46.5 Å². The molecule has 2 N–H and O–H groups in total. The summed E-state index contributed by atoms with van der Waals surface area (Å²) in [7, 11) is -2.09. The fourth-order valence-electron chi connectivity index (χ4n) is 2.56. The number of hydrogen-bond acceptors (Lipinski definition) is 5. The molecule has 1 aromatic rings. The molecule has 0 aliphatic heterocycles. The highest BCUT2D eigenvalue weighted by atomic mass is 32.1. The molecule has 0 saturated carbocycles. The molecule has 0 aromatic heterocycles. The number of allylic oxidation sites excluding steroid dienone is 4. The number of carbonyl (C=O) groups is 2. The van der Waals surface area contributed by atoms with E-state index in [1.807, 2.05) is 6.07 Å². The maximum Gasteiger partial charge on any atom is 0.250 e. The molecule has 1 aromatic carbocycles. The van der Waals surface area contributed by atoms with Crippen LogP contribution in [0.25, 0.3) is 0 Å². The van der Waals surface area contributed by atoms with Crippen molar-refractivity contribution in [3.63, 3.8) is 0 Å². The number of benzene rings is 1. The maximum absolute atomic E-state index is 12.6. The van der Waals surface area contributed by atoms with E-state index < -0.39 is 8.32 Å². The molecule has 0 bridgehead atoms. The number of Topliss-reactive ketones (excluding diaryl/α,β-unsaturated/α-hetero) is 1. The largest absolute Gasteiger partial charge is 0.543 e. The Balaban J connectivity index is 2.46. The molecule has 2 rings (SSSR count). The highest BCUT2D eigenvalue weighted by Gasteiger charge is 2.39. The molecule has 0 amide bonds. The molecular weight excluding hydrogens is 374 g/mol. The average Bonchev–Trinajstić information content (AvgIpc) is 2.53. The van der Waals surface area contributed by atoms with Crippen LogP contribution in [0.2, 0.25) is 18.1 Å². The summed E-state index contributed by atoms with van der Waals surface area (Å²) in [5, 5.41) is 0.0226. The fourth-order valence-corrected chi connectivity index (χ4v) is 3.79. The smallest absolute Gasteiger partial charge is 0.250 e. The van der Waals surface area contributed by atoms with Gasteiger partial charge in [0.15, 0.2) is 11.6 Å². The van der Waals surface area contributed by atoms with Crippen molar-refractivity contribution >= 4 is 38.2 Å². The third-order valence-electron chi connectivity index (χ3n) is 5.63. The first-order chi connectivity index (χ1) is 12.2. The molecule has 0 heterocycles. The summed E-state index contributed by atoms with van der Waals surface area (Å²) in [6, 6.07) is 3.61. The van der Waals surface area contributed by atoms with Crippen LogP contribution < -0.4 is 10.2 Å². The predicted octanol–water partition coefficient (Wildman–Crippen LogP) is 4.90. The van der Waals surface area contributed by atoms with Gasteiger partial charge in [0.05, 0.1) is 0 Å². The standard InChI is InChI=1S/C21H29NO3SSi/c1-12-13(2)20(24)15(10-17(12)23)8-14-9-16(22)19(26)11-18(14)25-27(6,7)21(3,4)5/h9-11,26H,8,22H2,1-7H3. The lowest BCUT2D eigenvalue weighted by atomic mass is 9.88. The number of nitrogens with two attached hydrogens (primary N) is 1. The molecule has 0 spiro atoms. The second-order valence-electron chi connectivity index (χ2n) is 8.67. The Morgan fingerprint density at radius 1 is 1.11 bits per heavy atom. The summed E-state index contributed by atoms with van der Waals surface area (Å²) in [5.74, 6) is 0.470. The number of ketones is 2. The second-order valence-corrected chi connectivity index (χ2v) is 13.9. The molecule has 4 nitrogen and oxygen atoms in total. The van der Waals surface area contributed by atoms with Crippen molar-refractivity contribution in [2.45, 2.75) is 64.1 Å². The first kappa shape index (κ1) is 21.5. The molecule has 1 aliphatic rings. The third-order valence-corrected chi connectivity index (χ3v) is 10.4. The Kier molecular flexibility index (Phi) is 5.83. The number of nitrogen functional groups attached to an aromatic ring is 1. The molecule has 6 heteroatoms. The van der Waals surface area contributed by atoms with E-state index >= 15 is 0 Å². The second kappa shape index (κ2) is 7.32. The lowest BCUT2D eigenvalue weighted by molar-refractivity contribution is -0.115. The zero-order valence-electron chi connectivity index (χ0n) is 17.2. The van der Waals surface area contributed by atoms with E-state index in [0.29, 0.717) is 39.5 Å². The molecule has 0 radical (unpaired) electrons. The van der Waals surface area contributed by atoms with Crippen LogP contribution in [-0.4, -0.2) is 19.9 Å². The van der Waals surface area contributed by atoms with E-state index in [1.54, 1.807) is 19.9 Å².